The Hall–Kier alpha value is -1.21. The molecule has 0 atom stereocenters. The predicted octanol–water partition coefficient (Wildman–Crippen LogP) is 4.67. The van der Waals surface area contributed by atoms with Gasteiger partial charge in [0.1, 0.15) is 5.75 Å². The summed E-state index contributed by atoms with van der Waals surface area (Å²) in [6.07, 6.45) is 2.25. The molecule has 2 aromatic carbocycles. The Morgan fingerprint density at radius 2 is 1.81 bits per heavy atom. The lowest BCUT2D eigenvalue weighted by Crippen LogP contribution is -1.95. The van der Waals surface area contributed by atoms with Gasteiger partial charge in [-0.2, -0.15) is 0 Å². The standard InChI is InChI=1S/C14H15ClO/c1-2-3-8-16-14-7-5-11-9-13(15)6-4-12(11)10-14/h4-7,9-10H,2-3,8H2,1H3. The number of benzene rings is 2. The second-order valence-electron chi connectivity index (χ2n) is 3.86. The van der Waals surface area contributed by atoms with Crippen LogP contribution in [0.4, 0.5) is 0 Å². The zero-order valence-corrected chi connectivity index (χ0v) is 10.1. The number of halogens is 1. The monoisotopic (exact) mass is 234 g/mol. The average molecular weight is 235 g/mol. The maximum atomic E-state index is 5.93. The Morgan fingerprint density at radius 3 is 2.62 bits per heavy atom. The molecule has 0 saturated heterocycles. The first-order valence-electron chi connectivity index (χ1n) is 5.61. The summed E-state index contributed by atoms with van der Waals surface area (Å²) in [6, 6.07) is 12.0. The SMILES string of the molecule is CCCCOc1ccc2cc(Cl)ccc2c1. The highest BCUT2D eigenvalue weighted by Gasteiger charge is 1.98. The Balaban J connectivity index is 2.20. The summed E-state index contributed by atoms with van der Waals surface area (Å²) in [5.41, 5.74) is 0. The fraction of sp³-hybridized carbons (Fsp3) is 0.286. The van der Waals surface area contributed by atoms with Gasteiger partial charge in [-0.05, 0) is 41.5 Å². The zero-order valence-electron chi connectivity index (χ0n) is 9.37. The van der Waals surface area contributed by atoms with E-state index in [9.17, 15) is 0 Å². The quantitative estimate of drug-likeness (QED) is 0.699. The van der Waals surface area contributed by atoms with Gasteiger partial charge in [0.2, 0.25) is 0 Å². The van der Waals surface area contributed by atoms with Gasteiger partial charge in [-0.1, -0.05) is 37.1 Å². The Bertz CT molecular complexity index is 479. The maximum Gasteiger partial charge on any atom is 0.119 e. The highest BCUT2D eigenvalue weighted by molar-refractivity contribution is 6.31. The van der Waals surface area contributed by atoms with Crippen molar-refractivity contribution in [3.63, 3.8) is 0 Å². The molecular formula is C14H15ClO. The van der Waals surface area contributed by atoms with Gasteiger partial charge in [0.15, 0.2) is 0 Å². The van der Waals surface area contributed by atoms with Crippen LogP contribution < -0.4 is 4.74 Å². The molecule has 0 aliphatic rings. The van der Waals surface area contributed by atoms with Crippen LogP contribution in [0.15, 0.2) is 36.4 Å². The molecule has 0 unspecified atom stereocenters. The summed E-state index contributed by atoms with van der Waals surface area (Å²) in [5, 5.41) is 3.08. The van der Waals surface area contributed by atoms with Crippen molar-refractivity contribution in [1.82, 2.24) is 0 Å². The Kier molecular flexibility index (Phi) is 3.68. The molecule has 0 spiro atoms. The fourth-order valence-electron chi connectivity index (χ4n) is 1.62. The smallest absolute Gasteiger partial charge is 0.119 e. The third-order valence-electron chi connectivity index (χ3n) is 2.54. The molecular weight excluding hydrogens is 220 g/mol. The summed E-state index contributed by atoms with van der Waals surface area (Å²) in [6.45, 7) is 2.95. The number of fused-ring (bicyclic) bond motifs is 1. The van der Waals surface area contributed by atoms with Crippen LogP contribution in [0.5, 0.6) is 5.75 Å². The molecule has 1 nitrogen and oxygen atoms in total. The van der Waals surface area contributed by atoms with E-state index in [1.165, 1.54) is 5.39 Å². The summed E-state index contributed by atoms with van der Waals surface area (Å²) in [4.78, 5) is 0. The number of hydrogen-bond acceptors (Lipinski definition) is 1. The molecule has 0 radical (unpaired) electrons. The average Bonchev–Trinajstić information content (AvgIpc) is 2.29. The first-order chi connectivity index (χ1) is 7.79. The lowest BCUT2D eigenvalue weighted by atomic mass is 10.1. The van der Waals surface area contributed by atoms with Crippen LogP contribution in [0, 0.1) is 0 Å². The van der Waals surface area contributed by atoms with Crippen molar-refractivity contribution in [2.24, 2.45) is 0 Å². The lowest BCUT2D eigenvalue weighted by molar-refractivity contribution is 0.310. The largest absolute Gasteiger partial charge is 0.494 e. The van der Waals surface area contributed by atoms with Gasteiger partial charge in [-0.15, -0.1) is 0 Å². The minimum Gasteiger partial charge on any atom is -0.494 e. The van der Waals surface area contributed by atoms with Crippen molar-refractivity contribution in [3.05, 3.63) is 41.4 Å². The van der Waals surface area contributed by atoms with Crippen molar-refractivity contribution >= 4 is 22.4 Å². The summed E-state index contributed by atoms with van der Waals surface area (Å²) < 4.78 is 5.65. The molecule has 2 heteroatoms. The van der Waals surface area contributed by atoms with Gasteiger partial charge < -0.3 is 4.74 Å². The van der Waals surface area contributed by atoms with E-state index in [0.717, 1.165) is 35.6 Å². The number of hydrogen-bond donors (Lipinski definition) is 0. The van der Waals surface area contributed by atoms with Crippen LogP contribution in [0.3, 0.4) is 0 Å². The second-order valence-corrected chi connectivity index (χ2v) is 4.29. The van der Waals surface area contributed by atoms with E-state index >= 15 is 0 Å². The normalized spacial score (nSPS) is 10.6. The molecule has 0 bridgehead atoms. The molecule has 16 heavy (non-hydrogen) atoms. The van der Waals surface area contributed by atoms with Crippen LogP contribution in [0.25, 0.3) is 10.8 Å². The molecule has 2 rings (SSSR count). The molecule has 0 saturated carbocycles. The lowest BCUT2D eigenvalue weighted by Gasteiger charge is -2.06. The van der Waals surface area contributed by atoms with Crippen LogP contribution in [0.2, 0.25) is 5.02 Å². The van der Waals surface area contributed by atoms with E-state index < -0.39 is 0 Å². The van der Waals surface area contributed by atoms with Gasteiger partial charge in [0, 0.05) is 5.02 Å². The van der Waals surface area contributed by atoms with Gasteiger partial charge in [0.25, 0.3) is 0 Å². The van der Waals surface area contributed by atoms with E-state index in [0.29, 0.717) is 0 Å². The molecule has 0 heterocycles. The van der Waals surface area contributed by atoms with Crippen LogP contribution in [0.1, 0.15) is 19.8 Å². The van der Waals surface area contributed by atoms with Gasteiger partial charge >= 0.3 is 0 Å². The molecule has 0 amide bonds. The first-order valence-corrected chi connectivity index (χ1v) is 5.99. The topological polar surface area (TPSA) is 9.23 Å². The highest BCUT2D eigenvalue weighted by Crippen LogP contribution is 2.23. The fourth-order valence-corrected chi connectivity index (χ4v) is 1.80. The molecule has 0 aromatic heterocycles. The van der Waals surface area contributed by atoms with Gasteiger partial charge in [0.05, 0.1) is 6.61 Å². The van der Waals surface area contributed by atoms with E-state index in [1.54, 1.807) is 0 Å². The van der Waals surface area contributed by atoms with E-state index in [-0.39, 0.29) is 0 Å². The molecule has 0 aliphatic carbocycles. The van der Waals surface area contributed by atoms with Gasteiger partial charge in [-0.3, -0.25) is 0 Å². The summed E-state index contributed by atoms with van der Waals surface area (Å²) >= 11 is 5.93. The van der Waals surface area contributed by atoms with Crippen molar-refractivity contribution in [3.8, 4) is 5.75 Å². The van der Waals surface area contributed by atoms with Crippen molar-refractivity contribution in [2.45, 2.75) is 19.8 Å². The minimum absolute atomic E-state index is 0.771. The van der Waals surface area contributed by atoms with Gasteiger partial charge in [-0.25, -0.2) is 0 Å². The molecule has 0 fully saturated rings. The molecule has 0 N–H and O–H groups in total. The molecule has 0 aliphatic heterocycles. The zero-order chi connectivity index (χ0) is 11.4. The predicted molar refractivity (Wildman–Crippen MR) is 69.4 cm³/mol. The minimum atomic E-state index is 0.771. The number of rotatable bonds is 4. The van der Waals surface area contributed by atoms with Crippen molar-refractivity contribution in [1.29, 1.82) is 0 Å². The highest BCUT2D eigenvalue weighted by atomic mass is 35.5. The summed E-state index contributed by atoms with van der Waals surface area (Å²) in [5.74, 6) is 0.934. The number of ether oxygens (including phenoxy) is 1. The van der Waals surface area contributed by atoms with Crippen LogP contribution in [-0.2, 0) is 0 Å². The van der Waals surface area contributed by atoms with Crippen molar-refractivity contribution in [2.75, 3.05) is 6.61 Å². The third-order valence-corrected chi connectivity index (χ3v) is 2.78. The second kappa shape index (κ2) is 5.22. The maximum absolute atomic E-state index is 5.93. The van der Waals surface area contributed by atoms with Crippen LogP contribution >= 0.6 is 11.6 Å². The van der Waals surface area contributed by atoms with Crippen molar-refractivity contribution < 1.29 is 4.74 Å². The third kappa shape index (κ3) is 2.67. The Labute approximate surface area is 101 Å². The Morgan fingerprint density at radius 1 is 1.06 bits per heavy atom. The summed E-state index contributed by atoms with van der Waals surface area (Å²) in [7, 11) is 0. The van der Waals surface area contributed by atoms with E-state index in [2.05, 4.69) is 13.0 Å². The number of unbranched alkanes of at least 4 members (excludes halogenated alkanes) is 1. The van der Waals surface area contributed by atoms with E-state index in [4.69, 9.17) is 16.3 Å². The first kappa shape index (κ1) is 11.3. The molecule has 2 aromatic rings. The molecule has 84 valence electrons. The van der Waals surface area contributed by atoms with Crippen LogP contribution in [-0.4, -0.2) is 6.61 Å². The van der Waals surface area contributed by atoms with E-state index in [1.807, 2.05) is 30.3 Å².